The predicted octanol–water partition coefficient (Wildman–Crippen LogP) is 2.72. The molecular weight excluding hydrogens is 366 g/mol. The third kappa shape index (κ3) is 3.20. The minimum Gasteiger partial charge on any atom is -0.454 e. The molecular formula is C20H23NO5S. The molecule has 2 heterocycles. The second-order valence-corrected chi connectivity index (χ2v) is 9.27. The van der Waals surface area contributed by atoms with E-state index in [0.717, 1.165) is 5.56 Å². The molecule has 0 bridgehead atoms. The molecule has 6 nitrogen and oxygen atoms in total. The summed E-state index contributed by atoms with van der Waals surface area (Å²) < 4.78 is 38.7. The lowest BCUT2D eigenvalue weighted by Crippen LogP contribution is -2.50. The fourth-order valence-electron chi connectivity index (χ4n) is 3.75. The predicted molar refractivity (Wildman–Crippen MR) is 100 cm³/mol. The Labute approximate surface area is 159 Å². The zero-order valence-electron chi connectivity index (χ0n) is 15.3. The SMILES string of the molecule is CC(C)CN1[C@@H](Cc2ccc3c(c2)OCO3)[C@@H](O)c2ccccc2S1(=O)=O. The topological polar surface area (TPSA) is 76.1 Å². The molecule has 27 heavy (non-hydrogen) atoms. The molecule has 0 unspecified atom stereocenters. The van der Waals surface area contributed by atoms with Gasteiger partial charge in [-0.1, -0.05) is 38.1 Å². The van der Waals surface area contributed by atoms with E-state index in [0.29, 0.717) is 30.0 Å². The third-order valence-electron chi connectivity index (χ3n) is 4.99. The van der Waals surface area contributed by atoms with E-state index >= 15 is 0 Å². The standard InChI is InChI=1S/C20H23NO5S/c1-13(2)11-21-16(9-14-7-8-17-18(10-14)26-12-25-17)20(22)15-5-3-4-6-19(15)27(21,23)24/h3-8,10,13,16,20,22H,9,11-12H2,1-2H3/t16-,20-/m0/s1. The Morgan fingerprint density at radius 3 is 2.67 bits per heavy atom. The first-order valence-corrected chi connectivity index (χ1v) is 10.5. The number of fused-ring (bicyclic) bond motifs is 2. The molecule has 1 N–H and O–H groups in total. The maximum absolute atomic E-state index is 13.2. The van der Waals surface area contributed by atoms with E-state index < -0.39 is 22.2 Å². The van der Waals surface area contributed by atoms with Crippen molar-refractivity contribution < 1.29 is 23.0 Å². The molecule has 2 aromatic carbocycles. The van der Waals surface area contributed by atoms with E-state index in [9.17, 15) is 13.5 Å². The summed E-state index contributed by atoms with van der Waals surface area (Å²) in [6, 6.07) is 11.7. The number of hydrogen-bond donors (Lipinski definition) is 1. The van der Waals surface area contributed by atoms with Crippen LogP contribution >= 0.6 is 0 Å². The van der Waals surface area contributed by atoms with Crippen LogP contribution in [0.5, 0.6) is 11.5 Å². The van der Waals surface area contributed by atoms with Gasteiger partial charge in [0, 0.05) is 12.1 Å². The van der Waals surface area contributed by atoms with Crippen LogP contribution in [-0.4, -0.2) is 37.2 Å². The van der Waals surface area contributed by atoms with Crippen molar-refractivity contribution in [2.45, 2.75) is 37.3 Å². The molecule has 0 radical (unpaired) electrons. The van der Waals surface area contributed by atoms with Gasteiger partial charge in [-0.05, 0) is 36.1 Å². The molecule has 0 saturated heterocycles. The lowest BCUT2D eigenvalue weighted by molar-refractivity contribution is 0.0753. The molecule has 0 saturated carbocycles. The smallest absolute Gasteiger partial charge is 0.243 e. The van der Waals surface area contributed by atoms with Gasteiger partial charge >= 0.3 is 0 Å². The van der Waals surface area contributed by atoms with Crippen molar-refractivity contribution in [2.24, 2.45) is 5.92 Å². The van der Waals surface area contributed by atoms with Gasteiger partial charge in [0.25, 0.3) is 0 Å². The van der Waals surface area contributed by atoms with Gasteiger partial charge in [0.05, 0.1) is 17.0 Å². The lowest BCUT2D eigenvalue weighted by atomic mass is 9.95. The van der Waals surface area contributed by atoms with E-state index in [4.69, 9.17) is 9.47 Å². The lowest BCUT2D eigenvalue weighted by Gasteiger charge is -2.40. The Kier molecular flexibility index (Phi) is 4.61. The Morgan fingerprint density at radius 2 is 1.89 bits per heavy atom. The molecule has 2 aliphatic rings. The van der Waals surface area contributed by atoms with Crippen LogP contribution in [0.1, 0.15) is 31.1 Å². The third-order valence-corrected chi connectivity index (χ3v) is 6.95. The average molecular weight is 389 g/mol. The van der Waals surface area contributed by atoms with E-state index in [1.807, 2.05) is 32.0 Å². The van der Waals surface area contributed by atoms with Crippen molar-refractivity contribution in [3.05, 3.63) is 53.6 Å². The second kappa shape index (κ2) is 6.82. The van der Waals surface area contributed by atoms with E-state index in [1.54, 1.807) is 24.3 Å². The van der Waals surface area contributed by atoms with Crippen LogP contribution in [0, 0.1) is 5.92 Å². The van der Waals surface area contributed by atoms with Crippen LogP contribution in [0.3, 0.4) is 0 Å². The summed E-state index contributed by atoms with van der Waals surface area (Å²) in [5.74, 6) is 1.47. The van der Waals surface area contributed by atoms with Crippen LogP contribution in [0.4, 0.5) is 0 Å². The number of rotatable bonds is 4. The maximum atomic E-state index is 13.2. The molecule has 0 aliphatic carbocycles. The van der Waals surface area contributed by atoms with Crippen LogP contribution in [0.25, 0.3) is 0 Å². The fourth-order valence-corrected chi connectivity index (χ4v) is 5.78. The number of hydrogen-bond acceptors (Lipinski definition) is 5. The van der Waals surface area contributed by atoms with Gasteiger partial charge in [0.2, 0.25) is 16.8 Å². The Bertz CT molecular complexity index is 957. The van der Waals surface area contributed by atoms with Crippen LogP contribution in [0.15, 0.2) is 47.4 Å². The van der Waals surface area contributed by atoms with Crippen molar-refractivity contribution in [1.82, 2.24) is 4.31 Å². The second-order valence-electron chi connectivity index (χ2n) is 7.41. The number of ether oxygens (including phenoxy) is 2. The summed E-state index contributed by atoms with van der Waals surface area (Å²) in [6.07, 6.45) is -0.508. The van der Waals surface area contributed by atoms with E-state index in [2.05, 4.69) is 0 Å². The molecule has 2 atom stereocenters. The van der Waals surface area contributed by atoms with Gasteiger partial charge < -0.3 is 14.6 Å². The zero-order chi connectivity index (χ0) is 19.2. The van der Waals surface area contributed by atoms with Crippen molar-refractivity contribution in [3.8, 4) is 11.5 Å². The van der Waals surface area contributed by atoms with Crippen molar-refractivity contribution >= 4 is 10.0 Å². The van der Waals surface area contributed by atoms with Gasteiger partial charge in [-0.15, -0.1) is 0 Å². The van der Waals surface area contributed by atoms with Crippen molar-refractivity contribution in [3.63, 3.8) is 0 Å². The molecule has 0 aromatic heterocycles. The van der Waals surface area contributed by atoms with Gasteiger partial charge in [-0.2, -0.15) is 4.31 Å². The molecule has 0 amide bonds. The Hall–Kier alpha value is -2.09. The van der Waals surface area contributed by atoms with Crippen LogP contribution < -0.4 is 9.47 Å². The molecule has 0 fully saturated rings. The van der Waals surface area contributed by atoms with Crippen molar-refractivity contribution in [1.29, 1.82) is 0 Å². The highest BCUT2D eigenvalue weighted by Crippen LogP contribution is 2.39. The molecule has 2 aliphatic heterocycles. The fraction of sp³-hybridized carbons (Fsp3) is 0.400. The monoisotopic (exact) mass is 389 g/mol. The minimum atomic E-state index is -3.67. The summed E-state index contributed by atoms with van der Waals surface area (Å²) in [5, 5.41) is 11.0. The molecule has 7 heteroatoms. The molecule has 4 rings (SSSR count). The minimum absolute atomic E-state index is 0.136. The number of aliphatic hydroxyl groups is 1. The zero-order valence-corrected chi connectivity index (χ0v) is 16.1. The highest BCUT2D eigenvalue weighted by atomic mass is 32.2. The van der Waals surface area contributed by atoms with Crippen LogP contribution in [0.2, 0.25) is 0 Å². The number of nitrogens with zero attached hydrogens (tertiary/aromatic N) is 1. The summed E-state index contributed by atoms with van der Waals surface area (Å²) in [5.41, 5.74) is 1.36. The first-order valence-electron chi connectivity index (χ1n) is 9.05. The average Bonchev–Trinajstić information content (AvgIpc) is 3.10. The van der Waals surface area contributed by atoms with Crippen LogP contribution in [-0.2, 0) is 16.4 Å². The largest absolute Gasteiger partial charge is 0.454 e. The molecule has 144 valence electrons. The van der Waals surface area contributed by atoms with Gasteiger partial charge in [-0.3, -0.25) is 0 Å². The normalized spacial score (nSPS) is 23.4. The highest BCUT2D eigenvalue weighted by molar-refractivity contribution is 7.89. The highest BCUT2D eigenvalue weighted by Gasteiger charge is 2.43. The van der Waals surface area contributed by atoms with E-state index in [1.165, 1.54) is 4.31 Å². The number of benzene rings is 2. The summed E-state index contributed by atoms with van der Waals surface area (Å²) in [7, 11) is -3.67. The van der Waals surface area contributed by atoms with Gasteiger partial charge in [-0.25, -0.2) is 8.42 Å². The molecule has 2 aromatic rings. The first kappa shape index (κ1) is 18.3. The Balaban J connectivity index is 1.75. The first-order chi connectivity index (χ1) is 12.9. The summed E-state index contributed by atoms with van der Waals surface area (Å²) in [4.78, 5) is 0.195. The number of sulfonamides is 1. The Morgan fingerprint density at radius 1 is 1.15 bits per heavy atom. The molecule has 0 spiro atoms. The van der Waals surface area contributed by atoms with Crippen molar-refractivity contribution in [2.75, 3.05) is 13.3 Å². The van der Waals surface area contributed by atoms with E-state index in [-0.39, 0.29) is 17.6 Å². The summed E-state index contributed by atoms with van der Waals surface area (Å²) in [6.45, 7) is 4.48. The van der Waals surface area contributed by atoms with Gasteiger partial charge in [0.1, 0.15) is 0 Å². The number of aliphatic hydroxyl groups excluding tert-OH is 1. The summed E-state index contributed by atoms with van der Waals surface area (Å²) >= 11 is 0. The quantitative estimate of drug-likeness (QED) is 0.870. The van der Waals surface area contributed by atoms with Gasteiger partial charge in [0.15, 0.2) is 11.5 Å². The maximum Gasteiger partial charge on any atom is 0.243 e.